The molecule has 0 aliphatic heterocycles. The first kappa shape index (κ1) is 10.7. The molecule has 0 amide bonds. The predicted octanol–water partition coefficient (Wildman–Crippen LogP) is 2.17. The fourth-order valence-electron chi connectivity index (χ4n) is 0.844. The Labute approximate surface area is 84.1 Å². The molecule has 76 valence electrons. The summed E-state index contributed by atoms with van der Waals surface area (Å²) >= 11 is 0. The number of nitrogens with zero attached hydrogens (tertiary/aromatic N) is 1. The molecule has 0 N–H and O–H groups in total. The molecule has 0 aliphatic carbocycles. The lowest BCUT2D eigenvalue weighted by Crippen LogP contribution is -2.22. The van der Waals surface area contributed by atoms with Gasteiger partial charge in [-0.15, -0.1) is 0 Å². The van der Waals surface area contributed by atoms with E-state index in [0.717, 1.165) is 5.56 Å². The van der Waals surface area contributed by atoms with Crippen LogP contribution >= 0.6 is 0 Å². The quantitative estimate of drug-likeness (QED) is 0.676. The first-order valence-corrected chi connectivity index (χ1v) is 4.56. The van der Waals surface area contributed by atoms with Crippen LogP contribution in [0.4, 0.5) is 0 Å². The van der Waals surface area contributed by atoms with Crippen molar-refractivity contribution in [3.8, 4) is 0 Å². The van der Waals surface area contributed by atoms with Crippen LogP contribution in [-0.4, -0.2) is 11.0 Å². The van der Waals surface area contributed by atoms with Gasteiger partial charge >= 0.3 is 5.97 Å². The van der Waals surface area contributed by atoms with Crippen molar-refractivity contribution in [2.45, 2.75) is 27.4 Å². The van der Waals surface area contributed by atoms with E-state index in [1.807, 2.05) is 32.9 Å². The lowest BCUT2D eigenvalue weighted by atomic mass is 9.97. The van der Waals surface area contributed by atoms with Gasteiger partial charge in [-0.25, -0.2) is 0 Å². The molecule has 0 bridgehead atoms. The van der Waals surface area contributed by atoms with E-state index in [2.05, 4.69) is 4.98 Å². The summed E-state index contributed by atoms with van der Waals surface area (Å²) in [5, 5.41) is 0. The van der Waals surface area contributed by atoms with Gasteiger partial charge < -0.3 is 4.74 Å². The van der Waals surface area contributed by atoms with Gasteiger partial charge in [0, 0.05) is 12.4 Å². The monoisotopic (exact) mass is 193 g/mol. The Hall–Kier alpha value is -1.38. The molecule has 0 aliphatic rings. The van der Waals surface area contributed by atoms with Gasteiger partial charge in [0.15, 0.2) is 0 Å². The third-order valence-corrected chi connectivity index (χ3v) is 1.73. The molecule has 0 unspecified atom stereocenters. The molecule has 3 nitrogen and oxygen atoms in total. The van der Waals surface area contributed by atoms with E-state index in [1.165, 1.54) is 0 Å². The largest absolute Gasteiger partial charge is 0.460 e. The van der Waals surface area contributed by atoms with E-state index in [1.54, 1.807) is 12.4 Å². The van der Waals surface area contributed by atoms with Crippen LogP contribution in [0.5, 0.6) is 0 Å². The summed E-state index contributed by atoms with van der Waals surface area (Å²) < 4.78 is 5.13. The molecule has 0 spiro atoms. The maximum absolute atomic E-state index is 11.4. The zero-order valence-electron chi connectivity index (χ0n) is 8.78. The summed E-state index contributed by atoms with van der Waals surface area (Å²) in [4.78, 5) is 15.3. The summed E-state index contributed by atoms with van der Waals surface area (Å²) in [6.45, 7) is 5.82. The number of aromatic nitrogens is 1. The Balaban J connectivity index is 2.46. The van der Waals surface area contributed by atoms with Crippen LogP contribution in [0.2, 0.25) is 0 Å². The molecule has 0 atom stereocenters. The highest BCUT2D eigenvalue weighted by Gasteiger charge is 2.22. The summed E-state index contributed by atoms with van der Waals surface area (Å²) in [6.07, 6.45) is 3.36. The van der Waals surface area contributed by atoms with Crippen LogP contribution in [0.15, 0.2) is 24.5 Å². The molecule has 1 rings (SSSR count). The normalized spacial score (nSPS) is 11.1. The van der Waals surface area contributed by atoms with Gasteiger partial charge in [0.2, 0.25) is 0 Å². The van der Waals surface area contributed by atoms with Crippen molar-refractivity contribution in [2.24, 2.45) is 5.41 Å². The zero-order valence-corrected chi connectivity index (χ0v) is 8.78. The van der Waals surface area contributed by atoms with E-state index in [0.29, 0.717) is 6.61 Å². The first-order valence-electron chi connectivity index (χ1n) is 4.56. The van der Waals surface area contributed by atoms with Crippen LogP contribution < -0.4 is 0 Å². The van der Waals surface area contributed by atoms with Crippen LogP contribution in [0.3, 0.4) is 0 Å². The van der Waals surface area contributed by atoms with Gasteiger partial charge in [-0.2, -0.15) is 0 Å². The Morgan fingerprint density at radius 3 is 2.43 bits per heavy atom. The fraction of sp³-hybridized carbons (Fsp3) is 0.455. The summed E-state index contributed by atoms with van der Waals surface area (Å²) in [5.74, 6) is -0.186. The highest BCUT2D eigenvalue weighted by Crippen LogP contribution is 2.16. The number of esters is 1. The van der Waals surface area contributed by atoms with Crippen molar-refractivity contribution in [1.82, 2.24) is 4.98 Å². The third kappa shape index (κ3) is 3.17. The molecular weight excluding hydrogens is 178 g/mol. The number of hydrogen-bond acceptors (Lipinski definition) is 3. The first-order chi connectivity index (χ1) is 6.50. The molecule has 14 heavy (non-hydrogen) atoms. The minimum atomic E-state index is -0.437. The highest BCUT2D eigenvalue weighted by atomic mass is 16.5. The smallest absolute Gasteiger partial charge is 0.311 e. The average molecular weight is 193 g/mol. The Morgan fingerprint density at radius 1 is 1.36 bits per heavy atom. The molecule has 1 heterocycles. The van der Waals surface area contributed by atoms with Crippen molar-refractivity contribution < 1.29 is 9.53 Å². The van der Waals surface area contributed by atoms with Crippen molar-refractivity contribution >= 4 is 5.97 Å². The lowest BCUT2D eigenvalue weighted by molar-refractivity contribution is -0.154. The molecule has 0 radical (unpaired) electrons. The number of rotatable bonds is 2. The maximum Gasteiger partial charge on any atom is 0.311 e. The number of carbonyl (C=O) groups excluding carboxylic acids is 1. The van der Waals surface area contributed by atoms with Gasteiger partial charge in [-0.1, -0.05) is 0 Å². The molecule has 0 saturated carbocycles. The summed E-state index contributed by atoms with van der Waals surface area (Å²) in [5.41, 5.74) is 0.519. The van der Waals surface area contributed by atoms with Crippen LogP contribution in [0.25, 0.3) is 0 Å². The van der Waals surface area contributed by atoms with Gasteiger partial charge in [0.25, 0.3) is 0 Å². The Kier molecular flexibility index (Phi) is 3.23. The third-order valence-electron chi connectivity index (χ3n) is 1.73. The molecule has 0 aromatic carbocycles. The molecule has 0 fully saturated rings. The number of pyridine rings is 1. The number of ether oxygens (including phenoxy) is 1. The summed E-state index contributed by atoms with van der Waals surface area (Å²) in [7, 11) is 0. The van der Waals surface area contributed by atoms with Gasteiger partial charge in [0.1, 0.15) is 6.61 Å². The maximum atomic E-state index is 11.4. The van der Waals surface area contributed by atoms with Crippen LogP contribution in [-0.2, 0) is 16.1 Å². The second-order valence-electron chi connectivity index (χ2n) is 4.18. The van der Waals surface area contributed by atoms with Gasteiger partial charge in [0.05, 0.1) is 5.41 Å². The van der Waals surface area contributed by atoms with Crippen LogP contribution in [0, 0.1) is 5.41 Å². The predicted molar refractivity (Wildman–Crippen MR) is 53.5 cm³/mol. The molecule has 1 aromatic rings. The lowest BCUT2D eigenvalue weighted by Gasteiger charge is -2.16. The van der Waals surface area contributed by atoms with E-state index in [9.17, 15) is 4.79 Å². The zero-order chi connectivity index (χ0) is 10.6. The van der Waals surface area contributed by atoms with E-state index >= 15 is 0 Å². The van der Waals surface area contributed by atoms with Crippen molar-refractivity contribution in [2.75, 3.05) is 0 Å². The van der Waals surface area contributed by atoms with E-state index < -0.39 is 5.41 Å². The van der Waals surface area contributed by atoms with Crippen LogP contribution in [0.1, 0.15) is 26.3 Å². The van der Waals surface area contributed by atoms with E-state index in [-0.39, 0.29) is 5.97 Å². The SMILES string of the molecule is CC(C)(C)C(=O)OCc1ccncc1. The minimum absolute atomic E-state index is 0.186. The molecule has 1 aromatic heterocycles. The van der Waals surface area contributed by atoms with Gasteiger partial charge in [-0.05, 0) is 38.5 Å². The van der Waals surface area contributed by atoms with E-state index in [4.69, 9.17) is 4.74 Å². The second kappa shape index (κ2) is 4.22. The standard InChI is InChI=1S/C11H15NO2/c1-11(2,3)10(13)14-8-9-4-6-12-7-5-9/h4-7H,8H2,1-3H3. The molecular formula is C11H15NO2. The fourth-order valence-corrected chi connectivity index (χ4v) is 0.844. The van der Waals surface area contributed by atoms with Crippen molar-refractivity contribution in [1.29, 1.82) is 0 Å². The second-order valence-corrected chi connectivity index (χ2v) is 4.18. The Morgan fingerprint density at radius 2 is 1.93 bits per heavy atom. The van der Waals surface area contributed by atoms with Crippen molar-refractivity contribution in [3.63, 3.8) is 0 Å². The molecule has 0 saturated heterocycles. The number of carbonyl (C=O) groups is 1. The highest BCUT2D eigenvalue weighted by molar-refractivity contribution is 5.75. The Bertz CT molecular complexity index is 301. The summed E-state index contributed by atoms with van der Waals surface area (Å²) in [6, 6.07) is 3.66. The number of hydrogen-bond donors (Lipinski definition) is 0. The minimum Gasteiger partial charge on any atom is -0.460 e. The molecule has 3 heteroatoms. The van der Waals surface area contributed by atoms with Crippen molar-refractivity contribution in [3.05, 3.63) is 30.1 Å². The average Bonchev–Trinajstić information content (AvgIpc) is 2.14. The van der Waals surface area contributed by atoms with Gasteiger partial charge in [-0.3, -0.25) is 9.78 Å². The topological polar surface area (TPSA) is 39.2 Å².